The minimum absolute atomic E-state index is 0.174. The molecule has 3 N–H and O–H groups in total. The highest BCUT2D eigenvalue weighted by atomic mass is 32.1. The van der Waals surface area contributed by atoms with Crippen molar-refractivity contribution in [3.63, 3.8) is 0 Å². The van der Waals surface area contributed by atoms with Gasteiger partial charge in [0, 0.05) is 22.5 Å². The van der Waals surface area contributed by atoms with Crippen molar-refractivity contribution in [3.05, 3.63) is 70.6 Å². The zero-order valence-corrected chi connectivity index (χ0v) is 15.0. The van der Waals surface area contributed by atoms with Crippen molar-refractivity contribution in [1.29, 1.82) is 0 Å². The van der Waals surface area contributed by atoms with Gasteiger partial charge in [0.15, 0.2) is 0 Å². The van der Waals surface area contributed by atoms with Gasteiger partial charge in [0.05, 0.1) is 17.7 Å². The van der Waals surface area contributed by atoms with Crippen LogP contribution in [0.2, 0.25) is 0 Å². The molecule has 25 heavy (non-hydrogen) atoms. The molecule has 0 spiro atoms. The lowest BCUT2D eigenvalue weighted by Gasteiger charge is -2.12. The molecule has 2 aromatic carbocycles. The molecule has 1 amide bonds. The number of anilines is 1. The molecule has 1 aromatic heterocycles. The van der Waals surface area contributed by atoms with Crippen molar-refractivity contribution in [2.45, 2.75) is 13.5 Å². The number of aryl methyl sites for hydroxylation is 1. The second-order valence-electron chi connectivity index (χ2n) is 5.64. The largest absolute Gasteiger partial charge is 0.496 e. The number of ether oxygens (including phenoxy) is 1. The molecule has 3 aromatic rings. The number of benzene rings is 2. The number of amides is 1. The molecule has 0 unspecified atom stereocenters. The van der Waals surface area contributed by atoms with Gasteiger partial charge < -0.3 is 15.8 Å². The highest BCUT2D eigenvalue weighted by Crippen LogP contribution is 2.41. The summed E-state index contributed by atoms with van der Waals surface area (Å²) < 4.78 is 5.46. The first kappa shape index (κ1) is 17.0. The van der Waals surface area contributed by atoms with Gasteiger partial charge in [-0.3, -0.25) is 4.79 Å². The van der Waals surface area contributed by atoms with Gasteiger partial charge in [-0.2, -0.15) is 0 Å². The zero-order chi connectivity index (χ0) is 17.8. The lowest BCUT2D eigenvalue weighted by Crippen LogP contribution is -2.23. The molecule has 0 aliphatic heterocycles. The summed E-state index contributed by atoms with van der Waals surface area (Å²) in [6.45, 7) is 2.43. The summed E-state index contributed by atoms with van der Waals surface area (Å²) >= 11 is 1.42. The SMILES string of the molecule is COc1ccccc1-c1c(C)sc(N)c1C(=O)NCc1ccccc1. The maximum Gasteiger partial charge on any atom is 0.255 e. The van der Waals surface area contributed by atoms with Gasteiger partial charge in [-0.25, -0.2) is 0 Å². The van der Waals surface area contributed by atoms with Crippen LogP contribution in [0.15, 0.2) is 54.6 Å². The molecule has 0 bridgehead atoms. The van der Waals surface area contributed by atoms with Crippen molar-refractivity contribution in [1.82, 2.24) is 5.32 Å². The van der Waals surface area contributed by atoms with Crippen LogP contribution in [-0.4, -0.2) is 13.0 Å². The molecule has 128 valence electrons. The molecule has 0 aliphatic rings. The lowest BCUT2D eigenvalue weighted by molar-refractivity contribution is 0.0953. The summed E-state index contributed by atoms with van der Waals surface area (Å²) in [4.78, 5) is 13.8. The number of rotatable bonds is 5. The van der Waals surface area contributed by atoms with Gasteiger partial charge in [0.25, 0.3) is 5.91 Å². The molecule has 5 heteroatoms. The summed E-state index contributed by atoms with van der Waals surface area (Å²) in [5.74, 6) is 0.548. The second-order valence-corrected chi connectivity index (χ2v) is 6.90. The van der Waals surface area contributed by atoms with Gasteiger partial charge in [-0.05, 0) is 18.6 Å². The van der Waals surface area contributed by atoms with E-state index in [0.717, 1.165) is 27.3 Å². The van der Waals surface area contributed by atoms with Gasteiger partial charge in [0.2, 0.25) is 0 Å². The fourth-order valence-corrected chi connectivity index (χ4v) is 3.77. The average Bonchev–Trinajstić information content (AvgIpc) is 2.94. The third-order valence-electron chi connectivity index (χ3n) is 4.01. The molecule has 0 radical (unpaired) electrons. The van der Waals surface area contributed by atoms with Crippen LogP contribution in [0.25, 0.3) is 11.1 Å². The first-order valence-corrected chi connectivity index (χ1v) is 8.78. The van der Waals surface area contributed by atoms with Crippen molar-refractivity contribution in [2.24, 2.45) is 0 Å². The smallest absolute Gasteiger partial charge is 0.255 e. The Kier molecular flexibility index (Phi) is 5.05. The molecule has 3 rings (SSSR count). The number of carbonyl (C=O) groups is 1. The maximum absolute atomic E-state index is 12.8. The molecule has 0 saturated heterocycles. The van der Waals surface area contributed by atoms with Gasteiger partial charge >= 0.3 is 0 Å². The normalized spacial score (nSPS) is 10.5. The molecule has 0 fully saturated rings. The van der Waals surface area contributed by atoms with Crippen LogP contribution in [0.4, 0.5) is 5.00 Å². The lowest BCUT2D eigenvalue weighted by atomic mass is 10.00. The van der Waals surface area contributed by atoms with Crippen molar-refractivity contribution < 1.29 is 9.53 Å². The monoisotopic (exact) mass is 352 g/mol. The highest BCUT2D eigenvalue weighted by Gasteiger charge is 2.23. The van der Waals surface area contributed by atoms with Crippen LogP contribution in [-0.2, 0) is 6.54 Å². The van der Waals surface area contributed by atoms with Crippen LogP contribution in [0, 0.1) is 6.92 Å². The Labute approximate surface area is 151 Å². The third kappa shape index (κ3) is 3.51. The number of thiophene rings is 1. The van der Waals surface area contributed by atoms with Crippen LogP contribution >= 0.6 is 11.3 Å². The quantitative estimate of drug-likeness (QED) is 0.722. The number of methoxy groups -OCH3 is 1. The first-order chi connectivity index (χ1) is 12.1. The fraction of sp³-hybridized carbons (Fsp3) is 0.150. The van der Waals surface area contributed by atoms with E-state index in [1.165, 1.54) is 11.3 Å². The standard InChI is InChI=1S/C20H20N2O2S/c1-13-17(15-10-6-7-11-16(15)24-2)18(19(21)25-13)20(23)22-12-14-8-4-3-5-9-14/h3-11H,12,21H2,1-2H3,(H,22,23). The summed E-state index contributed by atoms with van der Waals surface area (Å²) in [6, 6.07) is 17.5. The van der Waals surface area contributed by atoms with Crippen molar-refractivity contribution >= 4 is 22.2 Å². The number of hydrogen-bond acceptors (Lipinski definition) is 4. The molecular weight excluding hydrogens is 332 g/mol. The topological polar surface area (TPSA) is 64.3 Å². The fourth-order valence-electron chi connectivity index (χ4n) is 2.83. The minimum atomic E-state index is -0.174. The van der Waals surface area contributed by atoms with Crippen LogP contribution < -0.4 is 15.8 Å². The van der Waals surface area contributed by atoms with Gasteiger partial charge in [-0.15, -0.1) is 11.3 Å². The summed E-state index contributed by atoms with van der Waals surface area (Å²) in [5.41, 5.74) is 9.43. The van der Waals surface area contributed by atoms with E-state index in [-0.39, 0.29) is 5.91 Å². The number of para-hydroxylation sites is 1. The van der Waals surface area contributed by atoms with E-state index in [1.54, 1.807) is 7.11 Å². The molecule has 1 heterocycles. The molecular formula is C20H20N2O2S. The Morgan fingerprint density at radius 3 is 2.52 bits per heavy atom. The number of nitrogen functional groups attached to an aromatic ring is 1. The number of nitrogens with two attached hydrogens (primary N) is 1. The Hall–Kier alpha value is -2.79. The third-order valence-corrected chi connectivity index (χ3v) is 4.95. The van der Waals surface area contributed by atoms with E-state index in [2.05, 4.69) is 5.32 Å². The minimum Gasteiger partial charge on any atom is -0.496 e. The van der Waals surface area contributed by atoms with E-state index in [1.807, 2.05) is 61.5 Å². The van der Waals surface area contributed by atoms with E-state index in [9.17, 15) is 4.79 Å². The molecule has 0 saturated carbocycles. The molecule has 0 atom stereocenters. The van der Waals surface area contributed by atoms with Crippen molar-refractivity contribution in [2.75, 3.05) is 12.8 Å². The van der Waals surface area contributed by atoms with E-state index >= 15 is 0 Å². The summed E-state index contributed by atoms with van der Waals surface area (Å²) in [7, 11) is 1.62. The Morgan fingerprint density at radius 1 is 1.12 bits per heavy atom. The molecule has 0 aliphatic carbocycles. The first-order valence-electron chi connectivity index (χ1n) is 7.96. The Bertz CT molecular complexity index is 888. The molecule has 4 nitrogen and oxygen atoms in total. The van der Waals surface area contributed by atoms with Crippen LogP contribution in [0.1, 0.15) is 20.8 Å². The number of carbonyl (C=O) groups excluding carboxylic acids is 1. The number of nitrogens with one attached hydrogen (secondary N) is 1. The zero-order valence-electron chi connectivity index (χ0n) is 14.2. The van der Waals surface area contributed by atoms with Crippen molar-refractivity contribution in [3.8, 4) is 16.9 Å². The van der Waals surface area contributed by atoms with Gasteiger partial charge in [-0.1, -0.05) is 48.5 Å². The van der Waals surface area contributed by atoms with E-state index in [4.69, 9.17) is 10.5 Å². The summed E-state index contributed by atoms with van der Waals surface area (Å²) in [5, 5.41) is 3.48. The van der Waals surface area contributed by atoms with E-state index in [0.29, 0.717) is 17.1 Å². The van der Waals surface area contributed by atoms with E-state index < -0.39 is 0 Å². The van der Waals surface area contributed by atoms with Crippen LogP contribution in [0.3, 0.4) is 0 Å². The number of hydrogen-bond donors (Lipinski definition) is 2. The van der Waals surface area contributed by atoms with Gasteiger partial charge in [0.1, 0.15) is 5.75 Å². The Morgan fingerprint density at radius 2 is 1.80 bits per heavy atom. The Balaban J connectivity index is 1.95. The second kappa shape index (κ2) is 7.40. The highest BCUT2D eigenvalue weighted by molar-refractivity contribution is 7.16. The predicted octanol–water partition coefficient (Wildman–Crippen LogP) is 4.24. The van der Waals surface area contributed by atoms with Crippen LogP contribution in [0.5, 0.6) is 5.75 Å². The maximum atomic E-state index is 12.8. The predicted molar refractivity (Wildman–Crippen MR) is 103 cm³/mol. The summed E-state index contributed by atoms with van der Waals surface area (Å²) in [6.07, 6.45) is 0. The average molecular weight is 352 g/mol.